The molecule has 23 heavy (non-hydrogen) atoms. The van der Waals surface area contributed by atoms with Crippen molar-refractivity contribution in [2.75, 3.05) is 6.61 Å². The quantitative estimate of drug-likeness (QED) is 0.703. The van der Waals surface area contributed by atoms with Gasteiger partial charge >= 0.3 is 0 Å². The van der Waals surface area contributed by atoms with Crippen molar-refractivity contribution in [3.8, 4) is 17.9 Å². The normalized spacial score (nSPS) is 11.3. The Morgan fingerprint density at radius 1 is 1.09 bits per heavy atom. The smallest absolute Gasteiger partial charge is 0.119 e. The molecule has 0 N–H and O–H groups in total. The first-order chi connectivity index (χ1) is 11.3. The molecule has 0 amide bonds. The fourth-order valence-corrected chi connectivity index (χ4v) is 2.46. The molecule has 1 atom stereocenters. The van der Waals surface area contributed by atoms with Crippen molar-refractivity contribution in [2.45, 2.75) is 32.1 Å². The summed E-state index contributed by atoms with van der Waals surface area (Å²) in [7, 11) is 0. The molecule has 3 nitrogen and oxygen atoms in total. The largest absolute Gasteiger partial charge is 0.494 e. The van der Waals surface area contributed by atoms with Crippen LogP contribution in [0.25, 0.3) is 0 Å². The molecule has 116 valence electrons. The van der Waals surface area contributed by atoms with Crippen molar-refractivity contribution in [3.63, 3.8) is 0 Å². The number of aryl methyl sites for hydroxylation is 1. The van der Waals surface area contributed by atoms with Gasteiger partial charge in [-0.2, -0.15) is 10.5 Å². The van der Waals surface area contributed by atoms with Crippen molar-refractivity contribution in [3.05, 3.63) is 65.2 Å². The van der Waals surface area contributed by atoms with E-state index in [1.165, 1.54) is 5.56 Å². The Labute approximate surface area is 137 Å². The van der Waals surface area contributed by atoms with Crippen LogP contribution in [0.15, 0.2) is 48.5 Å². The van der Waals surface area contributed by atoms with Gasteiger partial charge in [0.2, 0.25) is 0 Å². The Morgan fingerprint density at radius 2 is 1.91 bits per heavy atom. The highest BCUT2D eigenvalue weighted by Crippen LogP contribution is 2.22. The summed E-state index contributed by atoms with van der Waals surface area (Å²) in [6, 6.07) is 19.8. The Kier molecular flexibility index (Phi) is 6.21. The van der Waals surface area contributed by atoms with E-state index in [2.05, 4.69) is 31.2 Å². The predicted molar refractivity (Wildman–Crippen MR) is 90.1 cm³/mol. The molecule has 0 fully saturated rings. The van der Waals surface area contributed by atoms with Gasteiger partial charge in [-0.25, -0.2) is 0 Å². The van der Waals surface area contributed by atoms with E-state index in [-0.39, 0.29) is 5.92 Å². The maximum absolute atomic E-state index is 9.35. The van der Waals surface area contributed by atoms with E-state index in [4.69, 9.17) is 10.00 Å². The van der Waals surface area contributed by atoms with Crippen molar-refractivity contribution in [2.24, 2.45) is 0 Å². The average molecular weight is 304 g/mol. The molecule has 0 aromatic heterocycles. The SMILES string of the molecule is CCc1cccc(OCCCC(C#N)c2cccc(C#N)c2)c1. The summed E-state index contributed by atoms with van der Waals surface area (Å²) in [5.74, 6) is 0.679. The second kappa shape index (κ2) is 8.61. The molecule has 0 saturated heterocycles. The van der Waals surface area contributed by atoms with Crippen molar-refractivity contribution < 1.29 is 4.74 Å². The van der Waals surface area contributed by atoms with Crippen molar-refractivity contribution in [1.82, 2.24) is 0 Å². The van der Waals surface area contributed by atoms with Crippen LogP contribution < -0.4 is 4.74 Å². The van der Waals surface area contributed by atoms with Gasteiger partial charge in [0.1, 0.15) is 5.75 Å². The van der Waals surface area contributed by atoms with E-state index in [0.29, 0.717) is 12.2 Å². The standard InChI is InChI=1S/C20H20N2O/c1-2-16-6-4-10-20(13-16)23-11-5-9-19(15-22)18-8-3-7-17(12-18)14-21/h3-4,6-8,10,12-13,19H,2,5,9,11H2,1H3. The molecule has 0 heterocycles. The fourth-order valence-electron chi connectivity index (χ4n) is 2.46. The predicted octanol–water partition coefficient (Wildman–Crippen LogP) is 4.59. The monoisotopic (exact) mass is 304 g/mol. The number of nitriles is 2. The molecular formula is C20H20N2O. The number of nitrogens with zero attached hydrogens (tertiary/aromatic N) is 2. The lowest BCUT2D eigenvalue weighted by atomic mass is 9.94. The molecule has 3 heteroatoms. The van der Waals surface area contributed by atoms with Crippen LogP contribution in [0.5, 0.6) is 5.75 Å². The zero-order chi connectivity index (χ0) is 16.5. The summed E-state index contributed by atoms with van der Waals surface area (Å²) >= 11 is 0. The van der Waals surface area contributed by atoms with Crippen molar-refractivity contribution >= 4 is 0 Å². The summed E-state index contributed by atoms with van der Waals surface area (Å²) < 4.78 is 5.76. The van der Waals surface area contributed by atoms with Gasteiger partial charge in [-0.15, -0.1) is 0 Å². The van der Waals surface area contributed by atoms with E-state index in [1.54, 1.807) is 12.1 Å². The second-order valence-corrected chi connectivity index (χ2v) is 5.41. The maximum atomic E-state index is 9.35. The summed E-state index contributed by atoms with van der Waals surface area (Å²) in [6.45, 7) is 2.70. The van der Waals surface area contributed by atoms with Gasteiger partial charge in [-0.1, -0.05) is 31.2 Å². The molecule has 0 bridgehead atoms. The molecular weight excluding hydrogens is 284 g/mol. The minimum absolute atomic E-state index is 0.200. The molecule has 2 aromatic rings. The average Bonchev–Trinajstić information content (AvgIpc) is 2.62. The Morgan fingerprint density at radius 3 is 2.65 bits per heavy atom. The fraction of sp³-hybridized carbons (Fsp3) is 0.300. The molecule has 0 aliphatic carbocycles. The number of hydrogen-bond acceptors (Lipinski definition) is 3. The molecule has 0 spiro atoms. The lowest BCUT2D eigenvalue weighted by molar-refractivity contribution is 0.304. The Balaban J connectivity index is 1.86. The number of hydrogen-bond donors (Lipinski definition) is 0. The zero-order valence-electron chi connectivity index (χ0n) is 13.3. The van der Waals surface area contributed by atoms with Crippen LogP contribution in [0, 0.1) is 22.7 Å². The van der Waals surface area contributed by atoms with E-state index in [9.17, 15) is 5.26 Å². The Bertz CT molecular complexity index is 725. The van der Waals surface area contributed by atoms with Gasteiger partial charge in [0.25, 0.3) is 0 Å². The highest BCUT2D eigenvalue weighted by atomic mass is 16.5. The lowest BCUT2D eigenvalue weighted by Crippen LogP contribution is -2.02. The summed E-state index contributed by atoms with van der Waals surface area (Å²) in [6.07, 6.45) is 2.51. The van der Waals surface area contributed by atoms with E-state index >= 15 is 0 Å². The first-order valence-corrected chi connectivity index (χ1v) is 7.88. The van der Waals surface area contributed by atoms with Gasteiger partial charge in [-0.05, 0) is 54.7 Å². The third-order valence-electron chi connectivity index (χ3n) is 3.79. The van der Waals surface area contributed by atoms with Crippen LogP contribution in [0.3, 0.4) is 0 Å². The minimum atomic E-state index is -0.200. The number of rotatable bonds is 7. The van der Waals surface area contributed by atoms with Crippen LogP contribution >= 0.6 is 0 Å². The molecule has 0 aliphatic heterocycles. The van der Waals surface area contributed by atoms with Gasteiger partial charge in [0.15, 0.2) is 0 Å². The van der Waals surface area contributed by atoms with Gasteiger partial charge in [0.05, 0.1) is 30.2 Å². The van der Waals surface area contributed by atoms with Crippen LogP contribution in [0.1, 0.15) is 42.4 Å². The molecule has 0 saturated carbocycles. The third kappa shape index (κ3) is 4.87. The van der Waals surface area contributed by atoms with Crippen LogP contribution in [-0.2, 0) is 6.42 Å². The van der Waals surface area contributed by atoms with Gasteiger partial charge in [-0.3, -0.25) is 0 Å². The molecule has 2 rings (SSSR count). The van der Waals surface area contributed by atoms with Gasteiger partial charge < -0.3 is 4.74 Å². The van der Waals surface area contributed by atoms with E-state index in [1.807, 2.05) is 24.3 Å². The van der Waals surface area contributed by atoms with Crippen LogP contribution in [0.2, 0.25) is 0 Å². The van der Waals surface area contributed by atoms with Crippen molar-refractivity contribution in [1.29, 1.82) is 10.5 Å². The summed E-state index contributed by atoms with van der Waals surface area (Å²) in [5, 5.41) is 18.3. The zero-order valence-corrected chi connectivity index (χ0v) is 13.3. The highest BCUT2D eigenvalue weighted by molar-refractivity contribution is 5.36. The first-order valence-electron chi connectivity index (χ1n) is 7.88. The minimum Gasteiger partial charge on any atom is -0.494 e. The first kappa shape index (κ1) is 16.6. The molecule has 0 radical (unpaired) electrons. The molecule has 2 aromatic carbocycles. The van der Waals surface area contributed by atoms with E-state index < -0.39 is 0 Å². The number of ether oxygens (including phenoxy) is 1. The summed E-state index contributed by atoms with van der Waals surface area (Å²) in [5.41, 5.74) is 2.75. The van der Waals surface area contributed by atoms with Crippen LogP contribution in [0.4, 0.5) is 0 Å². The third-order valence-corrected chi connectivity index (χ3v) is 3.79. The highest BCUT2D eigenvalue weighted by Gasteiger charge is 2.11. The van der Waals surface area contributed by atoms with Crippen LogP contribution in [-0.4, -0.2) is 6.61 Å². The molecule has 0 aliphatic rings. The Hall–Kier alpha value is -2.78. The van der Waals surface area contributed by atoms with E-state index in [0.717, 1.165) is 30.6 Å². The maximum Gasteiger partial charge on any atom is 0.119 e. The number of benzene rings is 2. The summed E-state index contributed by atoms with van der Waals surface area (Å²) in [4.78, 5) is 0. The van der Waals surface area contributed by atoms with Gasteiger partial charge in [0, 0.05) is 0 Å². The lowest BCUT2D eigenvalue weighted by Gasteiger charge is -2.11. The topological polar surface area (TPSA) is 56.8 Å². The second-order valence-electron chi connectivity index (χ2n) is 5.41. The molecule has 1 unspecified atom stereocenters.